The number of aryl methyl sites for hydroxylation is 3. The highest BCUT2D eigenvalue weighted by atomic mass is 16.1. The molecule has 0 bridgehead atoms. The average molecular weight is 306 g/mol. The van der Waals surface area contributed by atoms with Crippen molar-refractivity contribution in [2.45, 2.75) is 26.8 Å². The van der Waals surface area contributed by atoms with E-state index < -0.39 is 0 Å². The van der Waals surface area contributed by atoms with Crippen LogP contribution in [0.5, 0.6) is 0 Å². The number of amides is 1. The molecule has 0 saturated heterocycles. The Morgan fingerprint density at radius 2 is 1.83 bits per heavy atom. The predicted molar refractivity (Wildman–Crippen MR) is 94.9 cm³/mol. The van der Waals surface area contributed by atoms with Gasteiger partial charge >= 0.3 is 0 Å². The zero-order valence-electron chi connectivity index (χ0n) is 13.9. The number of carbonyl (C=O) groups excluding carboxylic acids is 1. The van der Waals surface area contributed by atoms with Crippen molar-refractivity contribution in [3.05, 3.63) is 70.9 Å². The lowest BCUT2D eigenvalue weighted by atomic mass is 10.1. The summed E-state index contributed by atoms with van der Waals surface area (Å²) in [4.78, 5) is 12.3. The van der Waals surface area contributed by atoms with Crippen LogP contribution in [-0.4, -0.2) is 17.5 Å². The number of nitrogens with zero attached hydrogens (tertiary/aromatic N) is 1. The van der Waals surface area contributed by atoms with E-state index >= 15 is 0 Å². The van der Waals surface area contributed by atoms with Crippen molar-refractivity contribution < 1.29 is 4.79 Å². The molecule has 1 N–H and O–H groups in total. The van der Waals surface area contributed by atoms with E-state index in [1.807, 2.05) is 13.0 Å². The van der Waals surface area contributed by atoms with Crippen molar-refractivity contribution in [3.63, 3.8) is 0 Å². The Hall–Kier alpha value is -2.55. The largest absolute Gasteiger partial charge is 0.355 e. The first-order chi connectivity index (χ1) is 11.1. The first-order valence-corrected chi connectivity index (χ1v) is 7.97. The maximum Gasteiger partial charge on any atom is 0.253 e. The van der Waals surface area contributed by atoms with E-state index in [4.69, 9.17) is 0 Å². The number of nitrogens with one attached hydrogen (secondary N) is 1. The molecule has 3 rings (SSSR count). The van der Waals surface area contributed by atoms with E-state index in [-0.39, 0.29) is 5.91 Å². The van der Waals surface area contributed by atoms with Gasteiger partial charge in [-0.15, -0.1) is 0 Å². The molecule has 1 heterocycles. The van der Waals surface area contributed by atoms with Crippen molar-refractivity contribution in [3.8, 4) is 0 Å². The summed E-state index contributed by atoms with van der Waals surface area (Å²) in [6.45, 7) is 4.96. The zero-order chi connectivity index (χ0) is 16.4. The standard InChI is InChI=1S/C20H22N2O/c1-14-9-10-18-17(13-14)19(20(23)21-3)15(2)22(18)12-11-16-7-5-4-6-8-16/h4-10,13H,11-12H2,1-3H3,(H,21,23). The molecular formula is C20H22N2O. The highest BCUT2D eigenvalue weighted by Crippen LogP contribution is 2.27. The molecule has 0 fully saturated rings. The van der Waals surface area contributed by atoms with Gasteiger partial charge in [0.25, 0.3) is 5.91 Å². The van der Waals surface area contributed by atoms with Crippen LogP contribution in [-0.2, 0) is 13.0 Å². The fourth-order valence-corrected chi connectivity index (χ4v) is 3.18. The van der Waals surface area contributed by atoms with E-state index in [0.717, 1.165) is 35.1 Å². The number of hydrogen-bond donors (Lipinski definition) is 1. The fraction of sp³-hybridized carbons (Fsp3) is 0.250. The Morgan fingerprint density at radius 1 is 1.09 bits per heavy atom. The lowest BCUT2D eigenvalue weighted by Crippen LogP contribution is -2.19. The Balaban J connectivity index is 2.06. The summed E-state index contributed by atoms with van der Waals surface area (Å²) < 4.78 is 2.26. The van der Waals surface area contributed by atoms with Gasteiger partial charge in [-0.05, 0) is 38.0 Å². The molecule has 1 amide bonds. The normalized spacial score (nSPS) is 10.9. The molecule has 3 nitrogen and oxygen atoms in total. The van der Waals surface area contributed by atoms with Gasteiger partial charge < -0.3 is 9.88 Å². The van der Waals surface area contributed by atoms with Crippen LogP contribution in [0.2, 0.25) is 0 Å². The van der Waals surface area contributed by atoms with Crippen LogP contribution in [0, 0.1) is 13.8 Å². The SMILES string of the molecule is CNC(=O)c1c(C)n(CCc2ccccc2)c2ccc(C)cc12. The van der Waals surface area contributed by atoms with Crippen molar-refractivity contribution in [1.29, 1.82) is 0 Å². The predicted octanol–water partition coefficient (Wildman–Crippen LogP) is 3.86. The molecule has 0 atom stereocenters. The molecule has 0 saturated carbocycles. The third kappa shape index (κ3) is 2.87. The second-order valence-corrected chi connectivity index (χ2v) is 5.95. The van der Waals surface area contributed by atoms with Gasteiger partial charge in [-0.25, -0.2) is 0 Å². The minimum absolute atomic E-state index is 0.0171. The van der Waals surface area contributed by atoms with Crippen LogP contribution in [0.15, 0.2) is 48.5 Å². The minimum Gasteiger partial charge on any atom is -0.355 e. The van der Waals surface area contributed by atoms with E-state index in [0.29, 0.717) is 0 Å². The quantitative estimate of drug-likeness (QED) is 0.780. The van der Waals surface area contributed by atoms with Crippen LogP contribution in [0.25, 0.3) is 10.9 Å². The summed E-state index contributed by atoms with van der Waals surface area (Å²) in [5.41, 5.74) is 5.42. The van der Waals surface area contributed by atoms with Gasteiger partial charge in [0.1, 0.15) is 0 Å². The van der Waals surface area contributed by atoms with E-state index in [2.05, 4.69) is 59.3 Å². The monoisotopic (exact) mass is 306 g/mol. The van der Waals surface area contributed by atoms with E-state index in [1.54, 1.807) is 7.05 Å². The molecule has 118 valence electrons. The highest BCUT2D eigenvalue weighted by molar-refractivity contribution is 6.08. The van der Waals surface area contributed by atoms with Gasteiger partial charge in [0.2, 0.25) is 0 Å². The number of benzene rings is 2. The maximum absolute atomic E-state index is 12.3. The Bertz CT molecular complexity index is 847. The Morgan fingerprint density at radius 3 is 2.52 bits per heavy atom. The fourth-order valence-electron chi connectivity index (χ4n) is 3.18. The highest BCUT2D eigenvalue weighted by Gasteiger charge is 2.19. The van der Waals surface area contributed by atoms with E-state index in [1.165, 1.54) is 11.1 Å². The van der Waals surface area contributed by atoms with Crippen molar-refractivity contribution in [2.24, 2.45) is 0 Å². The Kier molecular flexibility index (Phi) is 4.20. The zero-order valence-corrected chi connectivity index (χ0v) is 13.9. The van der Waals surface area contributed by atoms with Gasteiger partial charge in [-0.2, -0.15) is 0 Å². The molecule has 0 spiro atoms. The third-order valence-electron chi connectivity index (χ3n) is 4.40. The molecule has 0 aliphatic rings. The first kappa shape index (κ1) is 15.3. The molecule has 0 unspecified atom stereocenters. The molecule has 3 aromatic rings. The number of aromatic nitrogens is 1. The first-order valence-electron chi connectivity index (χ1n) is 7.97. The topological polar surface area (TPSA) is 34.0 Å². The summed E-state index contributed by atoms with van der Waals surface area (Å²) >= 11 is 0. The summed E-state index contributed by atoms with van der Waals surface area (Å²) in [7, 11) is 1.69. The summed E-state index contributed by atoms with van der Waals surface area (Å²) in [5, 5.41) is 3.81. The molecule has 23 heavy (non-hydrogen) atoms. The van der Waals surface area contributed by atoms with Crippen LogP contribution in [0.1, 0.15) is 27.2 Å². The van der Waals surface area contributed by atoms with Crippen LogP contribution in [0.4, 0.5) is 0 Å². The number of carbonyl (C=O) groups is 1. The van der Waals surface area contributed by atoms with Crippen molar-refractivity contribution >= 4 is 16.8 Å². The van der Waals surface area contributed by atoms with Crippen LogP contribution < -0.4 is 5.32 Å². The second kappa shape index (κ2) is 6.29. The van der Waals surface area contributed by atoms with Crippen LogP contribution in [0.3, 0.4) is 0 Å². The van der Waals surface area contributed by atoms with Gasteiger partial charge in [-0.1, -0.05) is 42.0 Å². The molecule has 3 heteroatoms. The Labute approximate surface area is 136 Å². The van der Waals surface area contributed by atoms with Crippen molar-refractivity contribution in [2.75, 3.05) is 7.05 Å². The van der Waals surface area contributed by atoms with Gasteiger partial charge in [-0.3, -0.25) is 4.79 Å². The lowest BCUT2D eigenvalue weighted by Gasteiger charge is -2.09. The van der Waals surface area contributed by atoms with Gasteiger partial charge in [0, 0.05) is 30.2 Å². The van der Waals surface area contributed by atoms with Crippen molar-refractivity contribution in [1.82, 2.24) is 9.88 Å². The molecular weight excluding hydrogens is 284 g/mol. The summed E-state index contributed by atoms with van der Waals surface area (Å²) in [5.74, 6) is -0.0171. The summed E-state index contributed by atoms with van der Waals surface area (Å²) in [6, 6.07) is 16.8. The van der Waals surface area contributed by atoms with E-state index in [9.17, 15) is 4.79 Å². The molecule has 0 aliphatic carbocycles. The second-order valence-electron chi connectivity index (χ2n) is 5.95. The number of hydrogen-bond acceptors (Lipinski definition) is 1. The minimum atomic E-state index is -0.0171. The summed E-state index contributed by atoms with van der Waals surface area (Å²) in [6.07, 6.45) is 0.951. The van der Waals surface area contributed by atoms with Gasteiger partial charge in [0.05, 0.1) is 5.56 Å². The number of fused-ring (bicyclic) bond motifs is 1. The maximum atomic E-state index is 12.3. The van der Waals surface area contributed by atoms with Crippen LogP contribution >= 0.6 is 0 Å². The lowest BCUT2D eigenvalue weighted by molar-refractivity contribution is 0.0964. The molecule has 1 aromatic heterocycles. The molecule has 0 aliphatic heterocycles. The van der Waals surface area contributed by atoms with Gasteiger partial charge in [0.15, 0.2) is 0 Å². The number of rotatable bonds is 4. The molecule has 0 radical (unpaired) electrons. The third-order valence-corrected chi connectivity index (χ3v) is 4.40. The molecule has 2 aromatic carbocycles. The smallest absolute Gasteiger partial charge is 0.253 e. The average Bonchev–Trinajstić information content (AvgIpc) is 2.84.